The topological polar surface area (TPSA) is 32.3 Å². The number of aromatic hydroxyl groups is 1. The van der Waals surface area contributed by atoms with Crippen molar-refractivity contribution in [2.75, 3.05) is 0 Å². The molecule has 1 unspecified atom stereocenters. The lowest BCUT2D eigenvalue weighted by atomic mass is 10.0. The van der Waals surface area contributed by atoms with Gasteiger partial charge < -0.3 is 10.4 Å². The van der Waals surface area contributed by atoms with Gasteiger partial charge in [-0.25, -0.2) is 0 Å². The average molecular weight is 290 g/mol. The Bertz CT molecular complexity index is 597. The Hall–Kier alpha value is -1.51. The number of phenolic OH excluding ortho intramolecular Hbond substituents is 1. The van der Waals surface area contributed by atoms with Crippen LogP contribution in [0.3, 0.4) is 0 Å². The zero-order valence-corrected chi connectivity index (χ0v) is 12.8. The molecule has 0 heterocycles. The molecule has 2 N–H and O–H groups in total. The van der Waals surface area contributed by atoms with Gasteiger partial charge in [0.25, 0.3) is 0 Å². The second kappa shape index (κ2) is 6.29. The second-order valence-electron chi connectivity index (χ2n) is 5.19. The van der Waals surface area contributed by atoms with Gasteiger partial charge in [0.1, 0.15) is 5.75 Å². The first-order valence-corrected chi connectivity index (χ1v) is 7.17. The lowest BCUT2D eigenvalue weighted by molar-refractivity contribution is 0.438. The van der Waals surface area contributed by atoms with Crippen LogP contribution < -0.4 is 5.32 Å². The van der Waals surface area contributed by atoms with Crippen molar-refractivity contribution in [1.82, 2.24) is 5.32 Å². The van der Waals surface area contributed by atoms with Crippen LogP contribution in [0.15, 0.2) is 42.5 Å². The fourth-order valence-corrected chi connectivity index (χ4v) is 2.70. The number of phenols is 1. The number of benzene rings is 2. The molecule has 0 radical (unpaired) electrons. The lowest BCUT2D eigenvalue weighted by Crippen LogP contribution is -2.22. The van der Waals surface area contributed by atoms with Crippen LogP contribution in [-0.4, -0.2) is 5.11 Å². The van der Waals surface area contributed by atoms with Gasteiger partial charge in [-0.2, -0.15) is 0 Å². The van der Waals surface area contributed by atoms with Crippen LogP contribution in [0.2, 0.25) is 5.02 Å². The first-order chi connectivity index (χ1) is 9.49. The minimum absolute atomic E-state index is 0.0428. The fraction of sp³-hybridized carbons (Fsp3) is 0.294. The van der Waals surface area contributed by atoms with E-state index in [0.29, 0.717) is 5.75 Å². The van der Waals surface area contributed by atoms with Crippen molar-refractivity contribution in [3.8, 4) is 5.75 Å². The number of aryl methyl sites for hydroxylation is 1. The van der Waals surface area contributed by atoms with Crippen LogP contribution in [-0.2, 0) is 0 Å². The van der Waals surface area contributed by atoms with Gasteiger partial charge in [-0.15, -0.1) is 0 Å². The van der Waals surface area contributed by atoms with Gasteiger partial charge >= 0.3 is 0 Å². The van der Waals surface area contributed by atoms with E-state index in [2.05, 4.69) is 12.2 Å². The van der Waals surface area contributed by atoms with Gasteiger partial charge in [0.15, 0.2) is 0 Å². The van der Waals surface area contributed by atoms with Crippen molar-refractivity contribution < 1.29 is 5.11 Å². The molecule has 2 rings (SSSR count). The van der Waals surface area contributed by atoms with E-state index in [-0.39, 0.29) is 12.1 Å². The van der Waals surface area contributed by atoms with E-state index < -0.39 is 0 Å². The number of hydrogen-bond donors (Lipinski definition) is 2. The molecule has 0 aromatic heterocycles. The molecule has 0 aliphatic heterocycles. The predicted octanol–water partition coefficient (Wildman–Crippen LogP) is 4.77. The molecule has 106 valence electrons. The highest BCUT2D eigenvalue weighted by Gasteiger charge is 2.15. The Morgan fingerprint density at radius 3 is 2.35 bits per heavy atom. The summed E-state index contributed by atoms with van der Waals surface area (Å²) in [6.45, 7) is 6.14. The number of hydrogen-bond acceptors (Lipinski definition) is 2. The predicted molar refractivity (Wildman–Crippen MR) is 84.3 cm³/mol. The zero-order valence-electron chi connectivity index (χ0n) is 12.0. The summed E-state index contributed by atoms with van der Waals surface area (Å²) in [5.74, 6) is 0.321. The van der Waals surface area contributed by atoms with E-state index in [1.807, 2.05) is 50.2 Å². The molecule has 0 bridgehead atoms. The van der Waals surface area contributed by atoms with Crippen LogP contribution in [0.4, 0.5) is 0 Å². The molecule has 0 aliphatic rings. The molecule has 0 spiro atoms. The molecule has 2 nitrogen and oxygen atoms in total. The highest BCUT2D eigenvalue weighted by atomic mass is 35.5. The summed E-state index contributed by atoms with van der Waals surface area (Å²) >= 11 is 6.22. The van der Waals surface area contributed by atoms with Gasteiger partial charge in [-0.1, -0.05) is 47.5 Å². The molecular formula is C17H20ClNO. The number of rotatable bonds is 4. The van der Waals surface area contributed by atoms with E-state index in [4.69, 9.17) is 11.6 Å². The van der Waals surface area contributed by atoms with E-state index in [1.54, 1.807) is 6.07 Å². The molecule has 0 saturated heterocycles. The molecule has 0 amide bonds. The third-order valence-electron chi connectivity index (χ3n) is 3.52. The Kier molecular flexibility index (Phi) is 4.69. The number of nitrogens with one attached hydrogen (secondary N) is 1. The van der Waals surface area contributed by atoms with Crippen LogP contribution in [0.5, 0.6) is 5.75 Å². The summed E-state index contributed by atoms with van der Waals surface area (Å²) in [5.41, 5.74) is 3.11. The summed E-state index contributed by atoms with van der Waals surface area (Å²) < 4.78 is 0. The third-order valence-corrected chi connectivity index (χ3v) is 3.87. The molecule has 2 aromatic carbocycles. The van der Waals surface area contributed by atoms with Gasteiger partial charge in [-0.3, -0.25) is 0 Å². The SMILES string of the molecule is Cc1ccc(O)c(C(C)N[C@@H](C)c2ccccc2Cl)c1. The van der Waals surface area contributed by atoms with Gasteiger partial charge in [0.05, 0.1) is 0 Å². The van der Waals surface area contributed by atoms with Crippen molar-refractivity contribution in [1.29, 1.82) is 0 Å². The van der Waals surface area contributed by atoms with E-state index in [1.165, 1.54) is 0 Å². The first kappa shape index (κ1) is 14.9. The highest BCUT2D eigenvalue weighted by molar-refractivity contribution is 6.31. The van der Waals surface area contributed by atoms with Crippen LogP contribution in [0, 0.1) is 6.92 Å². The number of halogens is 1. The summed E-state index contributed by atoms with van der Waals surface area (Å²) in [5, 5.41) is 14.2. The Morgan fingerprint density at radius 1 is 1.00 bits per heavy atom. The summed E-state index contributed by atoms with van der Waals surface area (Å²) in [7, 11) is 0. The van der Waals surface area contributed by atoms with E-state index in [9.17, 15) is 5.11 Å². The molecule has 0 fully saturated rings. The summed E-state index contributed by atoms with van der Waals surface area (Å²) in [6.07, 6.45) is 0. The van der Waals surface area contributed by atoms with Gasteiger partial charge in [0, 0.05) is 22.7 Å². The summed E-state index contributed by atoms with van der Waals surface area (Å²) in [4.78, 5) is 0. The third kappa shape index (κ3) is 3.33. The Morgan fingerprint density at radius 2 is 1.65 bits per heavy atom. The molecule has 2 aromatic rings. The smallest absolute Gasteiger partial charge is 0.120 e. The minimum atomic E-state index is 0.0428. The molecule has 0 saturated carbocycles. The monoisotopic (exact) mass is 289 g/mol. The standard InChI is InChI=1S/C17H20ClNO/c1-11-8-9-17(20)15(10-11)13(3)19-12(2)14-6-4-5-7-16(14)18/h4-10,12-13,19-20H,1-3H3/t12-,13?/m0/s1. The Labute approximate surface area is 125 Å². The van der Waals surface area contributed by atoms with Crippen LogP contribution in [0.25, 0.3) is 0 Å². The Balaban J connectivity index is 2.17. The maximum absolute atomic E-state index is 9.98. The lowest BCUT2D eigenvalue weighted by Gasteiger charge is -2.22. The molecular weight excluding hydrogens is 270 g/mol. The minimum Gasteiger partial charge on any atom is -0.508 e. The fourth-order valence-electron chi connectivity index (χ4n) is 2.40. The molecule has 20 heavy (non-hydrogen) atoms. The largest absolute Gasteiger partial charge is 0.508 e. The van der Waals surface area contributed by atoms with Gasteiger partial charge in [-0.05, 0) is 38.5 Å². The quantitative estimate of drug-likeness (QED) is 0.850. The normalized spacial score (nSPS) is 14.0. The van der Waals surface area contributed by atoms with Gasteiger partial charge in [0.2, 0.25) is 0 Å². The molecule has 0 aliphatic carbocycles. The van der Waals surface area contributed by atoms with Crippen molar-refractivity contribution in [2.45, 2.75) is 32.9 Å². The molecule has 2 atom stereocenters. The average Bonchev–Trinajstić information content (AvgIpc) is 2.41. The van der Waals surface area contributed by atoms with Crippen molar-refractivity contribution in [2.24, 2.45) is 0 Å². The maximum Gasteiger partial charge on any atom is 0.120 e. The van der Waals surface area contributed by atoms with Crippen molar-refractivity contribution >= 4 is 11.6 Å². The van der Waals surface area contributed by atoms with Crippen LogP contribution in [0.1, 0.15) is 42.6 Å². The second-order valence-corrected chi connectivity index (χ2v) is 5.60. The highest BCUT2D eigenvalue weighted by Crippen LogP contribution is 2.29. The van der Waals surface area contributed by atoms with E-state index in [0.717, 1.165) is 21.7 Å². The van der Waals surface area contributed by atoms with Crippen molar-refractivity contribution in [3.63, 3.8) is 0 Å². The first-order valence-electron chi connectivity index (χ1n) is 6.79. The summed E-state index contributed by atoms with van der Waals surface area (Å²) in [6, 6.07) is 13.6. The zero-order chi connectivity index (χ0) is 14.7. The molecule has 3 heteroatoms. The van der Waals surface area contributed by atoms with Crippen molar-refractivity contribution in [3.05, 3.63) is 64.2 Å². The maximum atomic E-state index is 9.98. The van der Waals surface area contributed by atoms with Crippen LogP contribution >= 0.6 is 11.6 Å². The van der Waals surface area contributed by atoms with E-state index >= 15 is 0 Å².